The predicted molar refractivity (Wildman–Crippen MR) is 152 cm³/mol. The van der Waals surface area contributed by atoms with Crippen LogP contribution in [0.5, 0.6) is 0 Å². The molecule has 0 bridgehead atoms. The van der Waals surface area contributed by atoms with Crippen LogP contribution in [0.15, 0.2) is 77.7 Å². The molecule has 0 saturated carbocycles. The van der Waals surface area contributed by atoms with Crippen molar-refractivity contribution in [2.45, 2.75) is 58.1 Å². The van der Waals surface area contributed by atoms with Gasteiger partial charge in [-0.1, -0.05) is 65.7 Å². The molecule has 0 aliphatic rings. The molecule has 1 atom stereocenters. The number of benzene rings is 3. The summed E-state index contributed by atoms with van der Waals surface area (Å²) in [6, 6.07) is 19.7. The van der Waals surface area contributed by atoms with Crippen molar-refractivity contribution < 1.29 is 18.0 Å². The highest BCUT2D eigenvalue weighted by atomic mass is 35.5. The zero-order valence-corrected chi connectivity index (χ0v) is 23.9. The number of rotatable bonds is 10. The summed E-state index contributed by atoms with van der Waals surface area (Å²) in [6.45, 7) is 8.52. The molecule has 7 nitrogen and oxygen atoms in total. The van der Waals surface area contributed by atoms with Crippen molar-refractivity contribution in [2.75, 3.05) is 10.8 Å². The Labute approximate surface area is 230 Å². The lowest BCUT2D eigenvalue weighted by Crippen LogP contribution is -2.52. The van der Waals surface area contributed by atoms with E-state index in [4.69, 9.17) is 11.6 Å². The number of nitrogens with zero attached hydrogens (tertiary/aromatic N) is 2. The van der Waals surface area contributed by atoms with Crippen LogP contribution in [0.1, 0.15) is 37.5 Å². The lowest BCUT2D eigenvalue weighted by atomic mass is 10.1. The van der Waals surface area contributed by atoms with E-state index in [0.717, 1.165) is 15.4 Å². The van der Waals surface area contributed by atoms with E-state index in [1.807, 2.05) is 51.1 Å². The van der Waals surface area contributed by atoms with Crippen molar-refractivity contribution >= 4 is 39.1 Å². The first-order chi connectivity index (χ1) is 17.9. The van der Waals surface area contributed by atoms with Crippen LogP contribution < -0.4 is 9.62 Å². The maximum atomic E-state index is 13.9. The van der Waals surface area contributed by atoms with Gasteiger partial charge in [0.1, 0.15) is 12.6 Å². The molecule has 202 valence electrons. The minimum atomic E-state index is -4.15. The van der Waals surface area contributed by atoms with Gasteiger partial charge in [0.15, 0.2) is 0 Å². The number of sulfonamides is 1. The molecular formula is C29H34ClN3O4S. The highest BCUT2D eigenvalue weighted by molar-refractivity contribution is 7.92. The predicted octanol–water partition coefficient (Wildman–Crippen LogP) is 5.09. The Balaban J connectivity index is 2.06. The van der Waals surface area contributed by atoms with E-state index >= 15 is 0 Å². The van der Waals surface area contributed by atoms with E-state index < -0.39 is 28.5 Å². The van der Waals surface area contributed by atoms with E-state index in [1.54, 1.807) is 44.2 Å². The van der Waals surface area contributed by atoms with Crippen LogP contribution in [0, 0.1) is 13.8 Å². The van der Waals surface area contributed by atoms with Crippen molar-refractivity contribution in [3.8, 4) is 0 Å². The van der Waals surface area contributed by atoms with E-state index in [2.05, 4.69) is 5.32 Å². The van der Waals surface area contributed by atoms with Gasteiger partial charge in [-0.05, 0) is 70.0 Å². The first-order valence-electron chi connectivity index (χ1n) is 12.4. The number of hydrogen-bond acceptors (Lipinski definition) is 4. The normalized spacial score (nSPS) is 12.2. The van der Waals surface area contributed by atoms with E-state index in [9.17, 15) is 18.0 Å². The van der Waals surface area contributed by atoms with E-state index in [0.29, 0.717) is 16.3 Å². The molecular weight excluding hydrogens is 522 g/mol. The second-order valence-electron chi connectivity index (χ2n) is 9.56. The van der Waals surface area contributed by atoms with Crippen LogP contribution in [0.3, 0.4) is 0 Å². The molecule has 0 fully saturated rings. The zero-order valence-electron chi connectivity index (χ0n) is 22.3. The van der Waals surface area contributed by atoms with Crippen molar-refractivity contribution in [3.05, 3.63) is 94.5 Å². The van der Waals surface area contributed by atoms with Gasteiger partial charge < -0.3 is 10.2 Å². The Morgan fingerprint density at radius 3 is 2.13 bits per heavy atom. The molecule has 0 heterocycles. The number of hydrogen-bond donors (Lipinski definition) is 1. The van der Waals surface area contributed by atoms with Crippen LogP contribution in [0.4, 0.5) is 5.69 Å². The molecule has 3 aromatic carbocycles. The van der Waals surface area contributed by atoms with E-state index in [-0.39, 0.29) is 23.4 Å². The quantitative estimate of drug-likeness (QED) is 0.377. The summed E-state index contributed by atoms with van der Waals surface area (Å²) in [7, 11) is -4.15. The summed E-state index contributed by atoms with van der Waals surface area (Å²) in [4.78, 5) is 28.3. The minimum Gasteiger partial charge on any atom is -0.352 e. The topological polar surface area (TPSA) is 86.8 Å². The van der Waals surface area contributed by atoms with Gasteiger partial charge >= 0.3 is 0 Å². The van der Waals surface area contributed by atoms with Gasteiger partial charge in [-0.25, -0.2) is 8.42 Å². The summed E-state index contributed by atoms with van der Waals surface area (Å²) in [6.07, 6.45) is 0. The third kappa shape index (κ3) is 6.94. The third-order valence-electron chi connectivity index (χ3n) is 6.19. The molecule has 3 rings (SSSR count). The number of carbonyl (C=O) groups is 2. The van der Waals surface area contributed by atoms with Gasteiger partial charge in [-0.3, -0.25) is 13.9 Å². The molecule has 1 N–H and O–H groups in total. The van der Waals surface area contributed by atoms with E-state index in [1.165, 1.54) is 17.0 Å². The van der Waals surface area contributed by atoms with Crippen molar-refractivity contribution in [1.29, 1.82) is 0 Å². The molecule has 0 aliphatic heterocycles. The number of anilines is 1. The van der Waals surface area contributed by atoms with Gasteiger partial charge in [0.25, 0.3) is 10.0 Å². The summed E-state index contributed by atoms with van der Waals surface area (Å²) in [5.74, 6) is -0.841. The fraction of sp³-hybridized carbons (Fsp3) is 0.310. The molecule has 2 amide bonds. The molecule has 0 spiro atoms. The van der Waals surface area contributed by atoms with Crippen LogP contribution >= 0.6 is 11.6 Å². The van der Waals surface area contributed by atoms with Crippen molar-refractivity contribution in [3.63, 3.8) is 0 Å². The number of nitrogens with one attached hydrogen (secondary N) is 1. The summed E-state index contributed by atoms with van der Waals surface area (Å²) >= 11 is 6.35. The third-order valence-corrected chi connectivity index (χ3v) is 8.37. The van der Waals surface area contributed by atoms with Crippen LogP contribution in [0.2, 0.25) is 5.02 Å². The van der Waals surface area contributed by atoms with Crippen LogP contribution in [-0.4, -0.2) is 43.8 Å². The standard InChI is InChI=1S/C29H34ClN3O4S/c1-20(2)31-29(35)23(5)32(18-24-10-7-6-8-11-24)28(34)19-33(27-13-9-12-26(30)22(27)4)38(36,37)25-16-14-21(3)15-17-25/h6-17,20,23H,18-19H2,1-5H3,(H,31,35)/t23-/m0/s1. The zero-order chi connectivity index (χ0) is 28.0. The highest BCUT2D eigenvalue weighted by Crippen LogP contribution is 2.31. The summed E-state index contributed by atoms with van der Waals surface area (Å²) in [5.41, 5.74) is 2.55. The molecule has 38 heavy (non-hydrogen) atoms. The number of aryl methyl sites for hydroxylation is 1. The maximum absolute atomic E-state index is 13.9. The Morgan fingerprint density at radius 1 is 0.895 bits per heavy atom. The Hall–Kier alpha value is -3.36. The second-order valence-corrected chi connectivity index (χ2v) is 11.8. The maximum Gasteiger partial charge on any atom is 0.264 e. The molecule has 3 aromatic rings. The average molecular weight is 556 g/mol. The second kappa shape index (κ2) is 12.5. The largest absolute Gasteiger partial charge is 0.352 e. The van der Waals surface area contributed by atoms with Gasteiger partial charge in [0.05, 0.1) is 10.6 Å². The van der Waals surface area contributed by atoms with Crippen LogP contribution in [-0.2, 0) is 26.2 Å². The lowest BCUT2D eigenvalue weighted by Gasteiger charge is -2.32. The average Bonchev–Trinajstić information content (AvgIpc) is 2.87. The Morgan fingerprint density at radius 2 is 1.53 bits per heavy atom. The molecule has 0 unspecified atom stereocenters. The summed E-state index contributed by atoms with van der Waals surface area (Å²) < 4.78 is 28.9. The fourth-order valence-electron chi connectivity index (χ4n) is 3.98. The lowest BCUT2D eigenvalue weighted by molar-refractivity contribution is -0.139. The van der Waals surface area contributed by atoms with Crippen LogP contribution in [0.25, 0.3) is 0 Å². The number of carbonyl (C=O) groups excluding carboxylic acids is 2. The molecule has 0 aliphatic carbocycles. The SMILES string of the molecule is Cc1ccc(S(=O)(=O)N(CC(=O)N(Cc2ccccc2)[C@@H](C)C(=O)NC(C)C)c2cccc(Cl)c2C)cc1. The van der Waals surface area contributed by atoms with Crippen molar-refractivity contribution in [2.24, 2.45) is 0 Å². The number of halogens is 1. The highest BCUT2D eigenvalue weighted by Gasteiger charge is 2.33. The molecule has 0 saturated heterocycles. The Kier molecular flexibility index (Phi) is 9.57. The smallest absolute Gasteiger partial charge is 0.264 e. The summed E-state index contributed by atoms with van der Waals surface area (Å²) in [5, 5.41) is 3.22. The molecule has 0 radical (unpaired) electrons. The Bertz CT molecular complexity index is 1380. The van der Waals surface area contributed by atoms with Gasteiger partial charge in [0.2, 0.25) is 11.8 Å². The first kappa shape index (κ1) is 29.2. The molecule has 0 aromatic heterocycles. The van der Waals surface area contributed by atoms with Gasteiger partial charge in [-0.15, -0.1) is 0 Å². The van der Waals surface area contributed by atoms with Gasteiger partial charge in [0, 0.05) is 17.6 Å². The first-order valence-corrected chi connectivity index (χ1v) is 14.2. The molecule has 9 heteroatoms. The monoisotopic (exact) mass is 555 g/mol. The minimum absolute atomic E-state index is 0.0514. The van der Waals surface area contributed by atoms with Crippen molar-refractivity contribution in [1.82, 2.24) is 10.2 Å². The fourth-order valence-corrected chi connectivity index (χ4v) is 5.63. The van der Waals surface area contributed by atoms with Gasteiger partial charge in [-0.2, -0.15) is 0 Å². The number of amides is 2.